The third-order valence-electron chi connectivity index (χ3n) is 3.62. The Hall–Kier alpha value is -2.48. The molecular weight excluding hydrogens is 354 g/mol. The highest BCUT2D eigenvalue weighted by molar-refractivity contribution is 7.98. The van der Waals surface area contributed by atoms with Gasteiger partial charge >= 0.3 is 12.1 Å². The number of aliphatic carboxylic acids is 1. The minimum atomic E-state index is -1.09. The van der Waals surface area contributed by atoms with E-state index in [0.29, 0.717) is 5.75 Å². The third-order valence-corrected chi connectivity index (χ3v) is 4.69. The fraction of sp³-hybridized carbons (Fsp3) is 0.389. The first-order chi connectivity index (χ1) is 12.5. The molecule has 1 aromatic carbocycles. The summed E-state index contributed by atoms with van der Waals surface area (Å²) in [6.07, 6.45) is -0.740. The van der Waals surface area contributed by atoms with Gasteiger partial charge in [-0.2, -0.15) is 16.9 Å². The third kappa shape index (κ3) is 6.11. The Balaban J connectivity index is 1.80. The van der Waals surface area contributed by atoms with E-state index < -0.39 is 18.1 Å². The van der Waals surface area contributed by atoms with E-state index in [9.17, 15) is 14.7 Å². The van der Waals surface area contributed by atoms with Crippen LogP contribution in [0.2, 0.25) is 0 Å². The van der Waals surface area contributed by atoms with E-state index in [-0.39, 0.29) is 12.4 Å². The van der Waals surface area contributed by atoms with Crippen LogP contribution in [0.4, 0.5) is 4.79 Å². The molecule has 0 bridgehead atoms. The number of aromatic nitrogens is 2. The molecule has 8 heteroatoms. The van der Waals surface area contributed by atoms with Gasteiger partial charge in [0.15, 0.2) is 0 Å². The number of thioether (sulfide) groups is 1. The molecule has 0 aliphatic rings. The summed E-state index contributed by atoms with van der Waals surface area (Å²) in [7, 11) is 0. The second kappa shape index (κ2) is 9.86. The molecule has 1 atom stereocenters. The van der Waals surface area contributed by atoms with Crippen molar-refractivity contribution in [1.29, 1.82) is 0 Å². The summed E-state index contributed by atoms with van der Waals surface area (Å²) in [5, 5.41) is 16.1. The Morgan fingerprint density at radius 3 is 2.73 bits per heavy atom. The number of rotatable bonds is 9. The fourth-order valence-corrected chi connectivity index (χ4v) is 3.37. The topological polar surface area (TPSA) is 93.5 Å². The quantitative estimate of drug-likeness (QED) is 0.698. The van der Waals surface area contributed by atoms with Gasteiger partial charge in [-0.3, -0.25) is 4.68 Å². The first kappa shape index (κ1) is 19.8. The number of carboxylic acids is 1. The Morgan fingerprint density at radius 2 is 2.08 bits per heavy atom. The van der Waals surface area contributed by atoms with Crippen LogP contribution in [0, 0.1) is 6.92 Å². The number of nitrogens with zero attached hydrogens (tertiary/aromatic N) is 2. The number of carboxylic acid groups (broad SMARTS) is 1. The molecular formula is C18H23N3O4S. The van der Waals surface area contributed by atoms with Crippen LogP contribution < -0.4 is 5.32 Å². The van der Waals surface area contributed by atoms with Crippen molar-refractivity contribution in [2.75, 3.05) is 5.75 Å². The van der Waals surface area contributed by atoms with E-state index in [1.807, 2.05) is 54.9 Å². The number of carbonyl (C=O) groups is 2. The molecule has 1 heterocycles. The predicted octanol–water partition coefficient (Wildman–Crippen LogP) is 2.82. The Morgan fingerprint density at radius 1 is 1.35 bits per heavy atom. The largest absolute Gasteiger partial charge is 0.480 e. The summed E-state index contributed by atoms with van der Waals surface area (Å²) in [6.45, 7) is 4.78. The number of nitrogens with one attached hydrogen (secondary N) is 1. The molecule has 2 N–H and O–H groups in total. The van der Waals surface area contributed by atoms with Crippen molar-refractivity contribution in [2.24, 2.45) is 0 Å². The zero-order valence-electron chi connectivity index (χ0n) is 14.8. The lowest BCUT2D eigenvalue weighted by Gasteiger charge is -2.14. The Labute approximate surface area is 156 Å². The smallest absolute Gasteiger partial charge is 0.408 e. The SMILES string of the molecule is CCn1nc(C)cc1CSCC(NC(=O)OCc1ccccc1)C(=O)O. The van der Waals surface area contributed by atoms with Crippen LogP contribution in [0.5, 0.6) is 0 Å². The summed E-state index contributed by atoms with van der Waals surface area (Å²) in [5.41, 5.74) is 2.80. The number of benzene rings is 1. The molecule has 1 aromatic heterocycles. The fourth-order valence-electron chi connectivity index (χ4n) is 2.35. The summed E-state index contributed by atoms with van der Waals surface area (Å²) in [6, 6.07) is 10.2. The predicted molar refractivity (Wildman–Crippen MR) is 100.0 cm³/mol. The standard InChI is InChI=1S/C18H23N3O4S/c1-3-21-15(9-13(2)20-21)11-26-12-16(17(22)23)19-18(24)25-10-14-7-5-4-6-8-14/h4-9,16H,3,10-12H2,1-2H3,(H,19,24)(H,22,23). The van der Waals surface area contributed by atoms with Crippen molar-refractivity contribution < 1.29 is 19.4 Å². The Bertz CT molecular complexity index is 733. The van der Waals surface area contributed by atoms with Crippen molar-refractivity contribution in [2.45, 2.75) is 38.8 Å². The minimum Gasteiger partial charge on any atom is -0.480 e. The molecule has 26 heavy (non-hydrogen) atoms. The van der Waals surface area contributed by atoms with Crippen molar-refractivity contribution in [3.05, 3.63) is 53.3 Å². The van der Waals surface area contributed by atoms with E-state index in [1.165, 1.54) is 11.8 Å². The lowest BCUT2D eigenvalue weighted by atomic mass is 10.2. The van der Waals surface area contributed by atoms with Gasteiger partial charge in [-0.15, -0.1) is 0 Å². The molecule has 0 radical (unpaired) electrons. The molecule has 2 aromatic rings. The summed E-state index contributed by atoms with van der Waals surface area (Å²) < 4.78 is 6.96. The van der Waals surface area contributed by atoms with E-state index >= 15 is 0 Å². The molecule has 0 aliphatic heterocycles. The average molecular weight is 377 g/mol. The van der Waals surface area contributed by atoms with E-state index in [0.717, 1.165) is 23.5 Å². The van der Waals surface area contributed by atoms with Crippen LogP contribution in [-0.4, -0.2) is 38.7 Å². The maximum absolute atomic E-state index is 11.8. The number of hydrogen-bond acceptors (Lipinski definition) is 5. The molecule has 0 aliphatic carbocycles. The van der Waals surface area contributed by atoms with Gasteiger partial charge in [0.2, 0.25) is 0 Å². The van der Waals surface area contributed by atoms with Gasteiger partial charge in [-0.1, -0.05) is 30.3 Å². The highest BCUT2D eigenvalue weighted by atomic mass is 32.2. The molecule has 2 rings (SSSR count). The molecule has 0 spiro atoms. The highest BCUT2D eigenvalue weighted by Crippen LogP contribution is 2.15. The Kier molecular flexibility index (Phi) is 7.53. The van der Waals surface area contributed by atoms with Crippen molar-refractivity contribution >= 4 is 23.8 Å². The van der Waals surface area contributed by atoms with Gasteiger partial charge in [0, 0.05) is 23.7 Å². The van der Waals surface area contributed by atoms with Gasteiger partial charge in [-0.05, 0) is 25.5 Å². The lowest BCUT2D eigenvalue weighted by molar-refractivity contribution is -0.138. The molecule has 7 nitrogen and oxygen atoms in total. The second-order valence-corrected chi connectivity index (χ2v) is 6.74. The van der Waals surface area contributed by atoms with Crippen LogP contribution in [-0.2, 0) is 28.4 Å². The lowest BCUT2D eigenvalue weighted by Crippen LogP contribution is -2.42. The van der Waals surface area contributed by atoms with Crippen LogP contribution in [0.3, 0.4) is 0 Å². The van der Waals surface area contributed by atoms with Crippen LogP contribution in [0.15, 0.2) is 36.4 Å². The monoisotopic (exact) mass is 377 g/mol. The van der Waals surface area contributed by atoms with E-state index in [1.54, 1.807) is 0 Å². The maximum atomic E-state index is 11.8. The number of ether oxygens (including phenoxy) is 1. The van der Waals surface area contributed by atoms with E-state index in [4.69, 9.17) is 4.74 Å². The van der Waals surface area contributed by atoms with Crippen molar-refractivity contribution in [1.82, 2.24) is 15.1 Å². The van der Waals surface area contributed by atoms with Gasteiger partial charge in [0.25, 0.3) is 0 Å². The zero-order chi connectivity index (χ0) is 18.9. The molecule has 0 saturated heterocycles. The first-order valence-corrected chi connectivity index (χ1v) is 9.46. The molecule has 1 amide bonds. The van der Waals surface area contributed by atoms with Crippen molar-refractivity contribution in [3.8, 4) is 0 Å². The number of carbonyl (C=O) groups excluding carboxylic acids is 1. The first-order valence-electron chi connectivity index (χ1n) is 8.30. The second-order valence-electron chi connectivity index (χ2n) is 5.70. The molecule has 1 unspecified atom stereocenters. The molecule has 140 valence electrons. The zero-order valence-corrected chi connectivity index (χ0v) is 15.7. The van der Waals surface area contributed by atoms with Gasteiger partial charge in [0.1, 0.15) is 12.6 Å². The van der Waals surface area contributed by atoms with Gasteiger partial charge in [-0.25, -0.2) is 9.59 Å². The molecule has 0 saturated carbocycles. The number of alkyl carbamates (subject to hydrolysis) is 1. The summed E-state index contributed by atoms with van der Waals surface area (Å²) >= 11 is 1.43. The number of amides is 1. The van der Waals surface area contributed by atoms with Crippen LogP contribution in [0.1, 0.15) is 23.9 Å². The summed E-state index contributed by atoms with van der Waals surface area (Å²) in [5.74, 6) is -0.225. The van der Waals surface area contributed by atoms with Crippen LogP contribution >= 0.6 is 11.8 Å². The highest BCUT2D eigenvalue weighted by Gasteiger charge is 2.21. The van der Waals surface area contributed by atoms with Crippen LogP contribution in [0.25, 0.3) is 0 Å². The van der Waals surface area contributed by atoms with Gasteiger partial charge in [0.05, 0.1) is 5.69 Å². The average Bonchev–Trinajstić information content (AvgIpc) is 2.99. The molecule has 0 fully saturated rings. The number of aryl methyl sites for hydroxylation is 2. The summed E-state index contributed by atoms with van der Waals surface area (Å²) in [4.78, 5) is 23.2. The van der Waals surface area contributed by atoms with Gasteiger partial charge < -0.3 is 15.2 Å². The number of hydrogen-bond donors (Lipinski definition) is 2. The van der Waals surface area contributed by atoms with E-state index in [2.05, 4.69) is 10.4 Å². The maximum Gasteiger partial charge on any atom is 0.408 e. The van der Waals surface area contributed by atoms with Crippen molar-refractivity contribution in [3.63, 3.8) is 0 Å². The normalized spacial score (nSPS) is 11.8. The minimum absolute atomic E-state index is 0.0983.